The van der Waals surface area contributed by atoms with Crippen LogP contribution in [0.25, 0.3) is 0 Å². The molecule has 2 amide bonds. The summed E-state index contributed by atoms with van der Waals surface area (Å²) in [6.45, 7) is 3.81. The highest BCUT2D eigenvalue weighted by Crippen LogP contribution is 2.28. The lowest BCUT2D eigenvalue weighted by molar-refractivity contribution is 0.115. The van der Waals surface area contributed by atoms with Gasteiger partial charge in [-0.05, 0) is 51.3 Å². The number of urea groups is 1. The predicted octanol–water partition coefficient (Wildman–Crippen LogP) is 3.54. The lowest BCUT2D eigenvalue weighted by Gasteiger charge is -2.26. The van der Waals surface area contributed by atoms with Gasteiger partial charge < -0.3 is 15.4 Å². The zero-order valence-electron chi connectivity index (χ0n) is 14.4. The molecule has 0 spiro atoms. The van der Waals surface area contributed by atoms with E-state index in [9.17, 15) is 9.18 Å². The summed E-state index contributed by atoms with van der Waals surface area (Å²) in [6.07, 6.45) is 3.79. The summed E-state index contributed by atoms with van der Waals surface area (Å²) in [5.74, 6) is -0.234. The Balaban J connectivity index is 1.50. The average molecular weight is 346 g/mol. The summed E-state index contributed by atoms with van der Waals surface area (Å²) in [5.41, 5.74) is 2.25. The number of halogens is 1. The van der Waals surface area contributed by atoms with Crippen molar-refractivity contribution >= 4 is 11.7 Å². The van der Waals surface area contributed by atoms with Crippen molar-refractivity contribution in [2.24, 2.45) is 0 Å². The monoisotopic (exact) mass is 346 g/mol. The lowest BCUT2D eigenvalue weighted by Crippen LogP contribution is -2.37. The number of anilines is 1. The summed E-state index contributed by atoms with van der Waals surface area (Å²) < 4.78 is 19.6. The molecule has 1 aliphatic rings. The van der Waals surface area contributed by atoms with E-state index >= 15 is 0 Å². The minimum atomic E-state index is -0.468. The Bertz CT molecular complexity index is 742. The van der Waals surface area contributed by atoms with E-state index < -0.39 is 5.82 Å². The molecule has 7 heteroatoms. The summed E-state index contributed by atoms with van der Waals surface area (Å²) in [5, 5.41) is 12.5. The highest BCUT2D eigenvalue weighted by molar-refractivity contribution is 5.89. The fraction of sp³-hybridized carbons (Fsp3) is 0.444. The molecule has 0 saturated heterocycles. The Morgan fingerprint density at radius 3 is 2.84 bits per heavy atom. The highest BCUT2D eigenvalue weighted by Gasteiger charge is 2.20. The first-order valence-corrected chi connectivity index (χ1v) is 8.54. The average Bonchev–Trinajstić information content (AvgIpc) is 2.89. The molecule has 1 unspecified atom stereocenters. The van der Waals surface area contributed by atoms with Crippen LogP contribution in [0.15, 0.2) is 24.3 Å². The number of carbonyl (C=O) groups excluding carboxylic acids is 1. The molecule has 0 aliphatic heterocycles. The molecule has 3 rings (SSSR count). The molecule has 0 radical (unpaired) electrons. The number of hydrogen-bond acceptors (Lipinski definition) is 3. The third kappa shape index (κ3) is 4.71. The van der Waals surface area contributed by atoms with Crippen molar-refractivity contribution in [1.29, 1.82) is 0 Å². The van der Waals surface area contributed by atoms with Crippen LogP contribution in [0.2, 0.25) is 0 Å². The van der Waals surface area contributed by atoms with Crippen LogP contribution in [0.3, 0.4) is 0 Å². The first kappa shape index (κ1) is 17.3. The van der Waals surface area contributed by atoms with E-state index in [0.29, 0.717) is 12.1 Å². The van der Waals surface area contributed by atoms with Crippen LogP contribution in [-0.4, -0.2) is 28.4 Å². The quantitative estimate of drug-likeness (QED) is 0.748. The van der Waals surface area contributed by atoms with E-state index in [-0.39, 0.29) is 23.9 Å². The highest BCUT2D eigenvalue weighted by atomic mass is 19.1. The largest absolute Gasteiger partial charge is 0.487 e. The second-order valence-electron chi connectivity index (χ2n) is 6.56. The molecular weight excluding hydrogens is 323 g/mol. The number of rotatable bonds is 6. The number of aryl methyl sites for hydroxylation is 1. The molecule has 1 saturated carbocycles. The Hall–Kier alpha value is -2.57. The SMILES string of the molecule is Cc1cc(CC(C)NC(=O)Nc2ccc(OC3CCC3)c(F)c2)n[nH]1. The van der Waals surface area contributed by atoms with Gasteiger partial charge in [0.2, 0.25) is 0 Å². The number of aromatic amines is 1. The predicted molar refractivity (Wildman–Crippen MR) is 93.3 cm³/mol. The van der Waals surface area contributed by atoms with Crippen LogP contribution in [0.4, 0.5) is 14.9 Å². The number of H-pyrrole nitrogens is 1. The standard InChI is InChI=1S/C18H23FN4O2/c1-11(8-14-9-12(2)22-23-14)20-18(24)21-13-6-7-17(16(19)10-13)25-15-4-3-5-15/h6-7,9-11,15H,3-5,8H2,1-2H3,(H,22,23)(H2,20,21,24). The molecule has 1 aromatic carbocycles. The number of benzene rings is 1. The van der Waals surface area contributed by atoms with Gasteiger partial charge in [-0.2, -0.15) is 5.10 Å². The van der Waals surface area contributed by atoms with Crippen molar-refractivity contribution < 1.29 is 13.9 Å². The van der Waals surface area contributed by atoms with E-state index in [0.717, 1.165) is 30.7 Å². The fourth-order valence-corrected chi connectivity index (χ4v) is 2.68. The summed E-state index contributed by atoms with van der Waals surface area (Å²) in [4.78, 5) is 12.0. The smallest absolute Gasteiger partial charge is 0.319 e. The Morgan fingerprint density at radius 1 is 1.44 bits per heavy atom. The first-order chi connectivity index (χ1) is 12.0. The van der Waals surface area contributed by atoms with Gasteiger partial charge in [-0.1, -0.05) is 0 Å². The molecule has 1 atom stereocenters. The van der Waals surface area contributed by atoms with E-state index in [1.54, 1.807) is 12.1 Å². The fourth-order valence-electron chi connectivity index (χ4n) is 2.68. The first-order valence-electron chi connectivity index (χ1n) is 8.54. The molecule has 0 bridgehead atoms. The molecule has 134 valence electrons. The van der Waals surface area contributed by atoms with Gasteiger partial charge in [0.15, 0.2) is 11.6 Å². The van der Waals surface area contributed by atoms with Crippen LogP contribution < -0.4 is 15.4 Å². The molecule has 1 fully saturated rings. The van der Waals surface area contributed by atoms with Gasteiger partial charge in [0.25, 0.3) is 0 Å². The van der Waals surface area contributed by atoms with Crippen LogP contribution in [0, 0.1) is 12.7 Å². The van der Waals surface area contributed by atoms with Crippen LogP contribution >= 0.6 is 0 Å². The van der Waals surface area contributed by atoms with Gasteiger partial charge in [-0.25, -0.2) is 9.18 Å². The minimum absolute atomic E-state index is 0.103. The van der Waals surface area contributed by atoms with Gasteiger partial charge in [-0.3, -0.25) is 5.10 Å². The lowest BCUT2D eigenvalue weighted by atomic mass is 9.96. The second-order valence-corrected chi connectivity index (χ2v) is 6.56. The van der Waals surface area contributed by atoms with Crippen molar-refractivity contribution in [3.8, 4) is 5.75 Å². The third-order valence-electron chi connectivity index (χ3n) is 4.19. The number of ether oxygens (including phenoxy) is 1. The third-order valence-corrected chi connectivity index (χ3v) is 4.19. The molecule has 3 N–H and O–H groups in total. The van der Waals surface area contributed by atoms with E-state index in [4.69, 9.17) is 4.74 Å². The molecule has 1 aliphatic carbocycles. The number of nitrogens with zero attached hydrogens (tertiary/aromatic N) is 1. The Kier molecular flexibility index (Phi) is 5.21. The van der Waals surface area contributed by atoms with Crippen molar-refractivity contribution in [3.63, 3.8) is 0 Å². The van der Waals surface area contributed by atoms with Crippen LogP contribution in [0.5, 0.6) is 5.75 Å². The Labute approximate surface area is 146 Å². The number of nitrogens with one attached hydrogen (secondary N) is 3. The number of aromatic nitrogens is 2. The number of amides is 2. The summed E-state index contributed by atoms with van der Waals surface area (Å²) in [6, 6.07) is 5.92. The maximum absolute atomic E-state index is 14.1. The zero-order chi connectivity index (χ0) is 17.8. The minimum Gasteiger partial charge on any atom is -0.487 e. The van der Waals surface area contributed by atoms with Crippen molar-refractivity contribution in [1.82, 2.24) is 15.5 Å². The van der Waals surface area contributed by atoms with Gasteiger partial charge in [0.1, 0.15) is 0 Å². The normalized spacial score (nSPS) is 15.3. The number of hydrogen-bond donors (Lipinski definition) is 3. The van der Waals surface area contributed by atoms with Gasteiger partial charge in [-0.15, -0.1) is 0 Å². The molecule has 1 aromatic heterocycles. The van der Waals surface area contributed by atoms with Crippen molar-refractivity contribution in [2.75, 3.05) is 5.32 Å². The molecule has 1 heterocycles. The van der Waals surface area contributed by atoms with E-state index in [2.05, 4.69) is 20.8 Å². The second kappa shape index (κ2) is 7.55. The van der Waals surface area contributed by atoms with Crippen LogP contribution in [0.1, 0.15) is 37.6 Å². The van der Waals surface area contributed by atoms with Gasteiger partial charge in [0, 0.05) is 29.9 Å². The van der Waals surface area contributed by atoms with Gasteiger partial charge >= 0.3 is 6.03 Å². The van der Waals surface area contributed by atoms with E-state index in [1.165, 1.54) is 6.07 Å². The summed E-state index contributed by atoms with van der Waals surface area (Å²) in [7, 11) is 0. The van der Waals surface area contributed by atoms with Gasteiger partial charge in [0.05, 0.1) is 11.8 Å². The topological polar surface area (TPSA) is 79.0 Å². The molecule has 25 heavy (non-hydrogen) atoms. The van der Waals surface area contributed by atoms with Crippen LogP contribution in [-0.2, 0) is 6.42 Å². The van der Waals surface area contributed by atoms with Crippen molar-refractivity contribution in [3.05, 3.63) is 41.5 Å². The molecule has 2 aromatic rings. The maximum atomic E-state index is 14.1. The molecular formula is C18H23FN4O2. The number of carbonyl (C=O) groups is 1. The van der Waals surface area contributed by atoms with Crippen molar-refractivity contribution in [2.45, 2.75) is 51.7 Å². The Morgan fingerprint density at radius 2 is 2.24 bits per heavy atom. The molecule has 6 nitrogen and oxygen atoms in total. The maximum Gasteiger partial charge on any atom is 0.319 e. The zero-order valence-corrected chi connectivity index (χ0v) is 14.4. The van der Waals surface area contributed by atoms with E-state index in [1.807, 2.05) is 19.9 Å². The summed E-state index contributed by atoms with van der Waals surface area (Å²) >= 11 is 0.